The van der Waals surface area contributed by atoms with E-state index in [0.29, 0.717) is 12.5 Å². The number of halogens is 2. The topological polar surface area (TPSA) is 61.4 Å². The van der Waals surface area contributed by atoms with Crippen molar-refractivity contribution >= 4 is 11.7 Å². The normalized spacial score (nSPS) is 19.2. The van der Waals surface area contributed by atoms with Gasteiger partial charge in [-0.2, -0.15) is 0 Å². The van der Waals surface area contributed by atoms with Gasteiger partial charge in [-0.1, -0.05) is 0 Å². The molecule has 1 aromatic rings. The Labute approximate surface area is 109 Å². The lowest BCUT2D eigenvalue weighted by Gasteiger charge is -2.23. The number of hydrogen-bond donors (Lipinski definition) is 3. The van der Waals surface area contributed by atoms with E-state index in [2.05, 4.69) is 10.6 Å². The van der Waals surface area contributed by atoms with Gasteiger partial charge in [0.1, 0.15) is 0 Å². The molecule has 2 rings (SSSR count). The maximum absolute atomic E-state index is 13.7. The van der Waals surface area contributed by atoms with Crippen molar-refractivity contribution in [3.8, 4) is 0 Å². The molecule has 0 bridgehead atoms. The van der Waals surface area contributed by atoms with E-state index >= 15 is 0 Å². The Bertz CT molecular complexity index is 474. The van der Waals surface area contributed by atoms with Crippen molar-refractivity contribution in [2.24, 2.45) is 5.92 Å². The van der Waals surface area contributed by atoms with E-state index in [1.54, 1.807) is 0 Å². The van der Waals surface area contributed by atoms with Crippen molar-refractivity contribution in [3.05, 3.63) is 29.3 Å². The van der Waals surface area contributed by atoms with Crippen molar-refractivity contribution in [1.82, 2.24) is 5.32 Å². The zero-order chi connectivity index (χ0) is 13.8. The van der Waals surface area contributed by atoms with E-state index in [1.165, 1.54) is 6.07 Å². The highest BCUT2D eigenvalue weighted by atomic mass is 19.2. The van der Waals surface area contributed by atoms with Crippen LogP contribution < -0.4 is 10.6 Å². The van der Waals surface area contributed by atoms with Gasteiger partial charge in [0.2, 0.25) is 0 Å². The Balaban J connectivity index is 2.04. The predicted molar refractivity (Wildman–Crippen MR) is 67.4 cm³/mol. The Morgan fingerprint density at radius 3 is 2.84 bits per heavy atom. The monoisotopic (exact) mass is 270 g/mol. The molecule has 1 aliphatic heterocycles. The fourth-order valence-corrected chi connectivity index (χ4v) is 2.20. The molecule has 19 heavy (non-hydrogen) atoms. The highest BCUT2D eigenvalue weighted by molar-refractivity contribution is 5.88. The molecule has 6 heteroatoms. The molecule has 1 unspecified atom stereocenters. The van der Waals surface area contributed by atoms with Crippen molar-refractivity contribution in [3.63, 3.8) is 0 Å². The quantitative estimate of drug-likeness (QED) is 0.784. The number of hydrogen-bond acceptors (Lipinski definition) is 3. The van der Waals surface area contributed by atoms with Crippen LogP contribution in [0.1, 0.15) is 23.2 Å². The van der Waals surface area contributed by atoms with Crippen LogP contribution in [0.4, 0.5) is 14.5 Å². The average Bonchev–Trinajstić information content (AvgIpc) is 2.41. The van der Waals surface area contributed by atoms with E-state index in [1.807, 2.05) is 0 Å². The van der Waals surface area contributed by atoms with Gasteiger partial charge in [-0.15, -0.1) is 0 Å². The smallest absolute Gasteiger partial charge is 0.338 e. The summed E-state index contributed by atoms with van der Waals surface area (Å²) >= 11 is 0. The summed E-state index contributed by atoms with van der Waals surface area (Å²) in [5, 5.41) is 14.8. The van der Waals surface area contributed by atoms with E-state index in [9.17, 15) is 13.6 Å². The number of benzene rings is 1. The maximum Gasteiger partial charge on any atom is 0.338 e. The minimum Gasteiger partial charge on any atom is -0.478 e. The average molecular weight is 270 g/mol. The van der Waals surface area contributed by atoms with Crippen LogP contribution in [-0.4, -0.2) is 30.7 Å². The number of anilines is 1. The van der Waals surface area contributed by atoms with Crippen molar-refractivity contribution in [2.75, 3.05) is 25.0 Å². The van der Waals surface area contributed by atoms with Crippen LogP contribution in [0.2, 0.25) is 0 Å². The highest BCUT2D eigenvalue weighted by Crippen LogP contribution is 2.21. The van der Waals surface area contributed by atoms with Crippen molar-refractivity contribution in [1.29, 1.82) is 0 Å². The molecule has 1 fully saturated rings. The Morgan fingerprint density at radius 1 is 1.42 bits per heavy atom. The van der Waals surface area contributed by atoms with Crippen LogP contribution in [0.5, 0.6) is 0 Å². The summed E-state index contributed by atoms with van der Waals surface area (Å²) in [5.74, 6) is -3.56. The van der Waals surface area contributed by atoms with Gasteiger partial charge in [-0.3, -0.25) is 0 Å². The van der Waals surface area contributed by atoms with Crippen molar-refractivity contribution in [2.45, 2.75) is 12.8 Å². The van der Waals surface area contributed by atoms with Gasteiger partial charge in [0.25, 0.3) is 0 Å². The van der Waals surface area contributed by atoms with Gasteiger partial charge < -0.3 is 15.7 Å². The number of carbonyl (C=O) groups is 1. The lowest BCUT2D eigenvalue weighted by atomic mass is 9.99. The third-order valence-corrected chi connectivity index (χ3v) is 3.29. The summed E-state index contributed by atoms with van der Waals surface area (Å²) in [7, 11) is 0. The standard InChI is InChI=1S/C13H16F2N2O2/c14-11-9(13(18)19)3-4-10(12(11)15)17-7-8-2-1-5-16-6-8/h3-4,8,16-17H,1-2,5-7H2,(H,18,19). The minimum absolute atomic E-state index is 0.00748. The highest BCUT2D eigenvalue weighted by Gasteiger charge is 2.19. The number of carboxylic acid groups (broad SMARTS) is 1. The molecule has 0 aromatic heterocycles. The summed E-state index contributed by atoms with van der Waals surface area (Å²) in [5.41, 5.74) is -0.643. The van der Waals surface area contributed by atoms with E-state index in [0.717, 1.165) is 32.0 Å². The molecule has 1 aromatic carbocycles. The third-order valence-electron chi connectivity index (χ3n) is 3.29. The van der Waals surface area contributed by atoms with Crippen LogP contribution in [0.15, 0.2) is 12.1 Å². The molecule has 0 amide bonds. The molecule has 104 valence electrons. The van der Waals surface area contributed by atoms with Gasteiger partial charge in [-0.05, 0) is 44.0 Å². The Hall–Kier alpha value is -1.69. The lowest BCUT2D eigenvalue weighted by Crippen LogP contribution is -2.33. The number of rotatable bonds is 4. The summed E-state index contributed by atoms with van der Waals surface area (Å²) in [6, 6.07) is 2.33. The number of carboxylic acids is 1. The molecule has 1 atom stereocenters. The second-order valence-electron chi connectivity index (χ2n) is 4.69. The van der Waals surface area contributed by atoms with Crippen LogP contribution in [0.25, 0.3) is 0 Å². The summed E-state index contributed by atoms with van der Waals surface area (Å²) in [4.78, 5) is 10.7. The number of nitrogens with one attached hydrogen (secondary N) is 2. The first-order valence-corrected chi connectivity index (χ1v) is 6.25. The Morgan fingerprint density at radius 2 is 2.21 bits per heavy atom. The first kappa shape index (κ1) is 13.7. The molecule has 0 radical (unpaired) electrons. The molecule has 3 N–H and O–H groups in total. The molecular weight excluding hydrogens is 254 g/mol. The van der Waals surface area contributed by atoms with E-state index < -0.39 is 23.2 Å². The summed E-state index contributed by atoms with van der Waals surface area (Å²) < 4.78 is 27.1. The molecule has 4 nitrogen and oxygen atoms in total. The number of aromatic carboxylic acids is 1. The van der Waals surface area contributed by atoms with Crippen LogP contribution in [0.3, 0.4) is 0 Å². The van der Waals surface area contributed by atoms with Gasteiger partial charge >= 0.3 is 5.97 Å². The lowest BCUT2D eigenvalue weighted by molar-refractivity contribution is 0.0690. The fraction of sp³-hybridized carbons (Fsp3) is 0.462. The zero-order valence-electron chi connectivity index (χ0n) is 10.4. The van der Waals surface area contributed by atoms with Crippen LogP contribution >= 0.6 is 0 Å². The van der Waals surface area contributed by atoms with Crippen LogP contribution in [0, 0.1) is 17.6 Å². The zero-order valence-corrected chi connectivity index (χ0v) is 10.4. The second-order valence-corrected chi connectivity index (χ2v) is 4.69. The maximum atomic E-state index is 13.7. The molecule has 0 aliphatic carbocycles. The number of piperidine rings is 1. The summed E-state index contributed by atoms with van der Waals surface area (Å²) in [6.07, 6.45) is 2.11. The molecular formula is C13H16F2N2O2. The van der Waals surface area contributed by atoms with E-state index in [4.69, 9.17) is 5.11 Å². The molecule has 0 saturated carbocycles. The van der Waals surface area contributed by atoms with Crippen LogP contribution in [-0.2, 0) is 0 Å². The fourth-order valence-electron chi connectivity index (χ4n) is 2.20. The predicted octanol–water partition coefficient (Wildman–Crippen LogP) is 2.07. The molecule has 1 heterocycles. The largest absolute Gasteiger partial charge is 0.478 e. The molecule has 0 spiro atoms. The SMILES string of the molecule is O=C(O)c1ccc(NCC2CCCNC2)c(F)c1F. The second kappa shape index (κ2) is 5.97. The Kier molecular flexibility index (Phi) is 4.31. The van der Waals surface area contributed by atoms with Crippen molar-refractivity contribution < 1.29 is 18.7 Å². The summed E-state index contributed by atoms with van der Waals surface area (Å²) in [6.45, 7) is 2.38. The molecule has 1 aliphatic rings. The minimum atomic E-state index is -1.47. The first-order valence-electron chi connectivity index (χ1n) is 6.25. The first-order chi connectivity index (χ1) is 9.09. The van der Waals surface area contributed by atoms with Gasteiger partial charge in [0, 0.05) is 6.54 Å². The molecule has 1 saturated heterocycles. The van der Waals surface area contributed by atoms with Gasteiger partial charge in [0.15, 0.2) is 11.6 Å². The van der Waals surface area contributed by atoms with Gasteiger partial charge in [0.05, 0.1) is 11.3 Å². The van der Waals surface area contributed by atoms with E-state index in [-0.39, 0.29) is 5.69 Å². The van der Waals surface area contributed by atoms with Gasteiger partial charge in [-0.25, -0.2) is 13.6 Å². The third kappa shape index (κ3) is 3.20.